The number of aliphatic hydroxyl groups is 4. The molecule has 50 heavy (non-hydrogen) atoms. The molecular weight excluding hydrogens is 654 g/mol. The van der Waals surface area contributed by atoms with Gasteiger partial charge in [-0.05, 0) is 54.6 Å². The van der Waals surface area contributed by atoms with Gasteiger partial charge in [-0.1, -0.05) is 27.7 Å². The predicted octanol–water partition coefficient (Wildman–Crippen LogP) is 1.41. The lowest BCUT2D eigenvalue weighted by molar-refractivity contribution is -0.311. The average molecular weight is 718 g/mol. The van der Waals surface area contributed by atoms with Crippen molar-refractivity contribution in [2.24, 2.45) is 23.7 Å². The van der Waals surface area contributed by atoms with E-state index in [1.165, 1.54) is 14.0 Å². The van der Waals surface area contributed by atoms with E-state index in [1.807, 2.05) is 32.8 Å². The molecule has 4 aliphatic heterocycles. The van der Waals surface area contributed by atoms with Gasteiger partial charge in [0.15, 0.2) is 24.0 Å². The largest absolute Gasteiger partial charge is 0.462 e. The van der Waals surface area contributed by atoms with E-state index in [4.69, 9.17) is 33.2 Å². The second-order valence-electron chi connectivity index (χ2n) is 15.9. The molecule has 4 saturated heterocycles. The van der Waals surface area contributed by atoms with Crippen LogP contribution in [0.5, 0.6) is 0 Å². The lowest BCUT2D eigenvalue weighted by Crippen LogP contribution is -2.60. The third-order valence-corrected chi connectivity index (χ3v) is 11.6. The minimum Gasteiger partial charge on any atom is -0.462 e. The van der Waals surface area contributed by atoms with E-state index in [9.17, 15) is 30.0 Å². The third kappa shape index (κ3) is 8.73. The van der Waals surface area contributed by atoms with Crippen LogP contribution < -0.4 is 0 Å². The van der Waals surface area contributed by atoms with Gasteiger partial charge in [-0.2, -0.15) is 0 Å². The zero-order valence-electron chi connectivity index (χ0n) is 31.7. The number of esters is 1. The molecule has 0 amide bonds. The number of Topliss-reactive ketones (excluding diaryl/α,β-unsaturated/α-hetero) is 1. The number of aliphatic hydroxyl groups excluding tert-OH is 3. The van der Waals surface area contributed by atoms with Crippen molar-refractivity contribution in [2.45, 2.75) is 166 Å². The first-order valence-electron chi connectivity index (χ1n) is 18.2. The molecule has 0 aromatic heterocycles. The number of nitrogens with zero attached hydrogens (tertiary/aromatic N) is 1. The van der Waals surface area contributed by atoms with Gasteiger partial charge < -0.3 is 58.5 Å². The molecule has 0 aromatic rings. The molecular formula is C36H63NO13. The van der Waals surface area contributed by atoms with Gasteiger partial charge >= 0.3 is 5.97 Å². The Morgan fingerprint density at radius 1 is 0.900 bits per heavy atom. The van der Waals surface area contributed by atoms with Gasteiger partial charge in [0.1, 0.15) is 18.3 Å². The molecule has 1 spiro atoms. The minimum absolute atomic E-state index is 0.0495. The highest BCUT2D eigenvalue weighted by Gasteiger charge is 2.61. The maximum Gasteiger partial charge on any atom is 0.311 e. The molecule has 4 heterocycles. The number of rotatable bonds is 7. The number of ketones is 1. The average Bonchev–Trinajstić information content (AvgIpc) is 3.84. The summed E-state index contributed by atoms with van der Waals surface area (Å²) in [4.78, 5) is 29.9. The van der Waals surface area contributed by atoms with E-state index in [0.29, 0.717) is 12.8 Å². The van der Waals surface area contributed by atoms with Gasteiger partial charge in [-0.3, -0.25) is 9.59 Å². The van der Waals surface area contributed by atoms with Crippen LogP contribution >= 0.6 is 0 Å². The predicted molar refractivity (Wildman–Crippen MR) is 180 cm³/mol. The molecule has 0 aliphatic carbocycles. The number of likely N-dealkylation sites (N-methyl/N-ethyl adjacent to an activating group) is 1. The van der Waals surface area contributed by atoms with Crippen molar-refractivity contribution < 1.29 is 63.2 Å². The Labute approximate surface area is 297 Å². The summed E-state index contributed by atoms with van der Waals surface area (Å²) < 4.78 is 42.8. The molecule has 18 atom stereocenters. The van der Waals surface area contributed by atoms with Gasteiger partial charge in [0, 0.05) is 43.7 Å². The molecule has 0 bridgehead atoms. The Kier molecular flexibility index (Phi) is 13.6. The summed E-state index contributed by atoms with van der Waals surface area (Å²) in [5.74, 6) is -4.21. The quantitative estimate of drug-likeness (QED) is 0.219. The van der Waals surface area contributed by atoms with Gasteiger partial charge in [-0.25, -0.2) is 0 Å². The maximum absolute atomic E-state index is 14.0. The molecule has 0 saturated carbocycles. The number of hydrogen-bond acceptors (Lipinski definition) is 14. The highest BCUT2D eigenvalue weighted by atomic mass is 16.7. The Balaban J connectivity index is 1.81. The van der Waals surface area contributed by atoms with Crippen molar-refractivity contribution in [2.75, 3.05) is 27.8 Å². The van der Waals surface area contributed by atoms with Crippen LogP contribution in [-0.4, -0.2) is 150 Å². The molecule has 4 rings (SSSR count). The Bertz CT molecular complexity index is 1150. The van der Waals surface area contributed by atoms with Gasteiger partial charge in [-0.15, -0.1) is 0 Å². The summed E-state index contributed by atoms with van der Waals surface area (Å²) in [5, 5.41) is 46.0. The smallest absolute Gasteiger partial charge is 0.311 e. The molecule has 4 N–H and O–H groups in total. The fourth-order valence-corrected chi connectivity index (χ4v) is 8.31. The molecule has 4 fully saturated rings. The molecule has 14 nitrogen and oxygen atoms in total. The fourth-order valence-electron chi connectivity index (χ4n) is 8.31. The Morgan fingerprint density at radius 3 is 2.10 bits per heavy atom. The summed E-state index contributed by atoms with van der Waals surface area (Å²) in [6.07, 6.45) is -8.80. The molecule has 0 unspecified atom stereocenters. The number of cyclic esters (lactones) is 1. The van der Waals surface area contributed by atoms with E-state index in [2.05, 4.69) is 0 Å². The van der Waals surface area contributed by atoms with E-state index in [0.717, 1.165) is 0 Å². The van der Waals surface area contributed by atoms with Gasteiger partial charge in [0.2, 0.25) is 0 Å². The SMILES string of the molecule is CC[C@@H]1OC(=O)[C@H](C)[C@@H](O[C@H]2C[C@H](OC)[C@@H](O)[C@@H](C)O2)[C@H](C)[C@@H](O[C@@H]2O[C@@H](C)C[C@@H](N(C)C)[C@@H]2O)[C@](C)(O)C[C@@]2(CO2)C(=O)[C@H](C)[C@@H](O)[C@H]1C. The highest BCUT2D eigenvalue weighted by molar-refractivity contribution is 5.92. The first-order valence-corrected chi connectivity index (χ1v) is 18.2. The number of carbonyl (C=O) groups is 2. The number of carbonyl (C=O) groups excluding carboxylic acids is 2. The fraction of sp³-hybridized carbons (Fsp3) is 0.944. The summed E-state index contributed by atoms with van der Waals surface area (Å²) >= 11 is 0. The normalized spacial score (nSPS) is 49.8. The Hall–Kier alpha value is -1.30. The Morgan fingerprint density at radius 2 is 1.54 bits per heavy atom. The molecule has 0 aromatic carbocycles. The van der Waals surface area contributed by atoms with E-state index in [-0.39, 0.29) is 37.4 Å². The lowest BCUT2D eigenvalue weighted by Gasteiger charge is -2.48. The second-order valence-corrected chi connectivity index (χ2v) is 15.9. The van der Waals surface area contributed by atoms with Crippen LogP contribution in [-0.2, 0) is 42.7 Å². The zero-order chi connectivity index (χ0) is 37.5. The number of epoxide rings is 1. The van der Waals surface area contributed by atoms with Crippen molar-refractivity contribution in [1.82, 2.24) is 4.90 Å². The second kappa shape index (κ2) is 16.4. The lowest BCUT2D eigenvalue weighted by atomic mass is 9.74. The van der Waals surface area contributed by atoms with Crippen molar-refractivity contribution in [3.63, 3.8) is 0 Å². The van der Waals surface area contributed by atoms with E-state index < -0.39 is 102 Å². The van der Waals surface area contributed by atoms with Gasteiger partial charge in [0.25, 0.3) is 0 Å². The molecule has 0 radical (unpaired) electrons. The molecule has 14 heteroatoms. The van der Waals surface area contributed by atoms with Crippen LogP contribution in [0.1, 0.15) is 81.1 Å². The van der Waals surface area contributed by atoms with Gasteiger partial charge in [0.05, 0.1) is 54.7 Å². The maximum atomic E-state index is 14.0. The van der Waals surface area contributed by atoms with Crippen molar-refractivity contribution >= 4 is 11.8 Å². The summed E-state index contributed by atoms with van der Waals surface area (Å²) in [6.45, 7) is 13.8. The van der Waals surface area contributed by atoms with Crippen LogP contribution in [0.2, 0.25) is 0 Å². The third-order valence-electron chi connectivity index (χ3n) is 11.6. The summed E-state index contributed by atoms with van der Waals surface area (Å²) in [5.41, 5.74) is -3.20. The first kappa shape index (κ1) is 41.5. The zero-order valence-corrected chi connectivity index (χ0v) is 31.7. The van der Waals surface area contributed by atoms with Crippen LogP contribution in [0.25, 0.3) is 0 Å². The number of methoxy groups -OCH3 is 1. The van der Waals surface area contributed by atoms with Crippen LogP contribution in [0.3, 0.4) is 0 Å². The van der Waals surface area contributed by atoms with Crippen molar-refractivity contribution in [3.8, 4) is 0 Å². The van der Waals surface area contributed by atoms with Crippen molar-refractivity contribution in [3.05, 3.63) is 0 Å². The van der Waals surface area contributed by atoms with Crippen LogP contribution in [0.15, 0.2) is 0 Å². The topological polar surface area (TPSA) is 186 Å². The van der Waals surface area contributed by atoms with Crippen LogP contribution in [0, 0.1) is 23.7 Å². The van der Waals surface area contributed by atoms with Crippen LogP contribution in [0.4, 0.5) is 0 Å². The molecule has 290 valence electrons. The summed E-state index contributed by atoms with van der Waals surface area (Å²) in [6, 6.07) is -0.312. The van der Waals surface area contributed by atoms with E-state index >= 15 is 0 Å². The van der Waals surface area contributed by atoms with E-state index in [1.54, 1.807) is 34.6 Å². The first-order chi connectivity index (χ1) is 23.3. The standard InChI is InChI=1S/C36H63NO13/c1-12-24-18(3)27(38)19(4)31(41)36(16-45-36)15-35(8,43)32(50-34-29(40)23(37(9)10)13-17(2)46-34)20(5)30(21(6)33(42)48-24)49-26-14-25(44-11)28(39)22(7)47-26/h17-30,32,34,38-40,43H,12-16H2,1-11H3/t17-,18-,19+,20-,21+,22+,23+,24-,25-,26-,27-,28-,29-,30-,32+,34-,35+,36+/m0/s1. The number of ether oxygens (including phenoxy) is 7. The molecule has 4 aliphatic rings. The van der Waals surface area contributed by atoms with Crippen molar-refractivity contribution in [1.29, 1.82) is 0 Å². The minimum atomic E-state index is -1.81. The highest BCUT2D eigenvalue weighted by Crippen LogP contribution is 2.45. The number of hydrogen-bond donors (Lipinski definition) is 4. The summed E-state index contributed by atoms with van der Waals surface area (Å²) in [7, 11) is 5.20. The monoisotopic (exact) mass is 717 g/mol.